The van der Waals surface area contributed by atoms with E-state index in [-0.39, 0.29) is 36.5 Å². The van der Waals surface area contributed by atoms with E-state index in [2.05, 4.69) is 37.5 Å². The van der Waals surface area contributed by atoms with Crippen LogP contribution in [-0.4, -0.2) is 50.2 Å². The number of aromatic nitrogens is 4. The number of nitriles is 2. The van der Waals surface area contributed by atoms with Gasteiger partial charge in [-0.15, -0.1) is 10.2 Å². The average Bonchev–Trinajstić information content (AvgIpc) is 3.31. The Kier molecular flexibility index (Phi) is 7.44. The highest BCUT2D eigenvalue weighted by Gasteiger charge is 2.47. The van der Waals surface area contributed by atoms with E-state index >= 15 is 0 Å². The zero-order chi connectivity index (χ0) is 32.9. The highest BCUT2D eigenvalue weighted by Crippen LogP contribution is 2.53. The number of carbonyl (C=O) groups excluding carboxylic acids is 1. The van der Waals surface area contributed by atoms with Gasteiger partial charge in [-0.05, 0) is 95.9 Å². The zero-order valence-corrected chi connectivity index (χ0v) is 25.6. The van der Waals surface area contributed by atoms with Crippen molar-refractivity contribution in [3.8, 4) is 34.7 Å². The summed E-state index contributed by atoms with van der Waals surface area (Å²) >= 11 is 0. The highest BCUT2D eigenvalue weighted by atomic mass is 19.4. The van der Waals surface area contributed by atoms with Crippen molar-refractivity contribution in [2.24, 2.45) is 12.5 Å². The number of aryl methyl sites for hydroxylation is 1. The molecule has 1 spiro atoms. The molecule has 1 N–H and O–H groups in total. The van der Waals surface area contributed by atoms with Crippen molar-refractivity contribution in [1.82, 2.24) is 24.6 Å². The number of halogens is 3. The van der Waals surface area contributed by atoms with Crippen molar-refractivity contribution in [3.05, 3.63) is 76.6 Å². The highest BCUT2D eigenvalue weighted by molar-refractivity contribution is 6.10. The van der Waals surface area contributed by atoms with Crippen molar-refractivity contribution >= 4 is 17.5 Å². The third kappa shape index (κ3) is 5.79. The Hall–Kier alpha value is -5.27. The number of alkyl halides is 3. The average molecular weight is 638 g/mol. The lowest BCUT2D eigenvalue weighted by Crippen LogP contribution is -2.24. The van der Waals surface area contributed by atoms with Crippen LogP contribution in [-0.2, 0) is 26.3 Å². The summed E-state index contributed by atoms with van der Waals surface area (Å²) in [6, 6.07) is 15.4. The minimum absolute atomic E-state index is 0.0209. The van der Waals surface area contributed by atoms with Crippen molar-refractivity contribution in [2.75, 3.05) is 29.9 Å². The predicted octanol–water partition coefficient (Wildman–Crippen LogP) is 5.91. The maximum Gasteiger partial charge on any atom is 0.416 e. The topological polar surface area (TPSA) is 127 Å². The van der Waals surface area contributed by atoms with Gasteiger partial charge in [0.05, 0.1) is 36.2 Å². The summed E-state index contributed by atoms with van der Waals surface area (Å²) in [4.78, 5) is 22.0. The van der Waals surface area contributed by atoms with E-state index in [0.29, 0.717) is 51.4 Å². The maximum absolute atomic E-state index is 14.5. The summed E-state index contributed by atoms with van der Waals surface area (Å²) in [7, 11) is 1.78. The van der Waals surface area contributed by atoms with E-state index in [1.165, 1.54) is 11.0 Å². The van der Waals surface area contributed by atoms with Crippen LogP contribution >= 0.6 is 0 Å². The Bertz CT molecular complexity index is 1980. The molecule has 0 radical (unpaired) electrons. The molecule has 2 fully saturated rings. The summed E-state index contributed by atoms with van der Waals surface area (Å²) in [6.45, 7) is 2.01. The van der Waals surface area contributed by atoms with Crippen LogP contribution < -0.4 is 10.2 Å². The van der Waals surface area contributed by atoms with Gasteiger partial charge in [0.2, 0.25) is 0 Å². The fourth-order valence-corrected chi connectivity index (χ4v) is 6.72. The molecular weight excluding hydrogens is 607 g/mol. The smallest absolute Gasteiger partial charge is 0.369 e. The summed E-state index contributed by atoms with van der Waals surface area (Å²) in [5.41, 5.74) is 2.09. The van der Waals surface area contributed by atoms with E-state index in [0.717, 1.165) is 32.4 Å². The summed E-state index contributed by atoms with van der Waals surface area (Å²) in [6.07, 6.45) is 0.453. The Morgan fingerprint density at radius 2 is 1.87 bits per heavy atom. The van der Waals surface area contributed by atoms with E-state index in [4.69, 9.17) is 5.26 Å². The molecule has 238 valence electrons. The number of amides is 1. The number of nitrogens with zero attached hydrogens (tertiary/aromatic N) is 8. The number of fused-ring (bicyclic) bond motifs is 1. The molecule has 1 aliphatic carbocycles. The number of benzene rings is 2. The largest absolute Gasteiger partial charge is 0.416 e. The zero-order valence-electron chi connectivity index (χ0n) is 25.6. The van der Waals surface area contributed by atoms with Crippen molar-refractivity contribution < 1.29 is 18.0 Å². The first-order valence-electron chi connectivity index (χ1n) is 15.4. The first kappa shape index (κ1) is 30.4. The molecule has 4 aromatic rings. The number of carbonyl (C=O) groups is 1. The number of hydrogen-bond acceptors (Lipinski definition) is 8. The second kappa shape index (κ2) is 11.5. The van der Waals surface area contributed by atoms with E-state index < -0.39 is 17.6 Å². The quantitative estimate of drug-likeness (QED) is 0.237. The molecule has 1 saturated carbocycles. The third-order valence-electron chi connectivity index (χ3n) is 9.33. The number of hydrogen-bond donors (Lipinski definition) is 1. The molecule has 4 heterocycles. The van der Waals surface area contributed by atoms with E-state index in [1.807, 2.05) is 0 Å². The van der Waals surface area contributed by atoms with Crippen molar-refractivity contribution in [3.63, 3.8) is 0 Å². The second-order valence-corrected chi connectivity index (χ2v) is 12.6. The molecule has 3 aliphatic rings. The van der Waals surface area contributed by atoms with E-state index in [9.17, 15) is 23.2 Å². The molecule has 1 saturated heterocycles. The minimum Gasteiger partial charge on any atom is -0.369 e. The van der Waals surface area contributed by atoms with Crippen LogP contribution in [0.5, 0.6) is 0 Å². The first-order chi connectivity index (χ1) is 22.6. The molecule has 0 bridgehead atoms. The lowest BCUT2D eigenvalue weighted by Gasteiger charge is -2.19. The van der Waals surface area contributed by atoms with Gasteiger partial charge in [0.15, 0.2) is 5.82 Å². The van der Waals surface area contributed by atoms with Gasteiger partial charge in [-0.3, -0.25) is 14.6 Å². The molecule has 2 aliphatic heterocycles. The molecule has 10 nitrogen and oxygen atoms in total. The van der Waals surface area contributed by atoms with Crippen LogP contribution in [0.15, 0.2) is 48.8 Å². The maximum atomic E-state index is 14.5. The molecule has 2 aromatic carbocycles. The normalized spacial score (nSPS) is 16.7. The summed E-state index contributed by atoms with van der Waals surface area (Å²) < 4.78 is 45.2. The molecule has 1 amide bonds. The molecule has 0 atom stereocenters. The molecule has 47 heavy (non-hydrogen) atoms. The fourth-order valence-electron chi connectivity index (χ4n) is 6.72. The van der Waals surface area contributed by atoms with Crippen molar-refractivity contribution in [2.45, 2.75) is 44.9 Å². The number of nitrogens with one attached hydrogen (secondary N) is 1. The minimum atomic E-state index is -4.65. The van der Waals surface area contributed by atoms with Gasteiger partial charge in [0, 0.05) is 37.8 Å². The van der Waals surface area contributed by atoms with Crippen LogP contribution in [0.1, 0.15) is 58.3 Å². The van der Waals surface area contributed by atoms with Gasteiger partial charge < -0.3 is 9.88 Å². The van der Waals surface area contributed by atoms with Crippen LogP contribution in [0, 0.1) is 28.1 Å². The lowest BCUT2D eigenvalue weighted by atomic mass is 9.97. The molecule has 13 heteroatoms. The molecule has 7 rings (SSSR count). The standard InChI is InChI=1S/C34H30F3N9O/c1-44-20-41-43-31(44)24-4-3-21(16-39)11-25(24)23-14-29(40-9-2-8-38)42-30(15-23)46-18-27-26(32(46)47)12-22(13-28(27)34(35,36)37)17-45-10-7-33(19-45)5-6-33/h3-4,11-15,20H,2,5-7,9-10,17-19H2,1H3,(H,40,42). The third-order valence-corrected chi connectivity index (χ3v) is 9.33. The first-order valence-corrected chi connectivity index (χ1v) is 15.4. The fraction of sp³-hybridized carbons (Fsp3) is 0.353. The van der Waals surface area contributed by atoms with Gasteiger partial charge in [0.25, 0.3) is 5.91 Å². The van der Waals surface area contributed by atoms with Crippen LogP contribution in [0.3, 0.4) is 0 Å². The molecule has 0 unspecified atom stereocenters. The van der Waals surface area contributed by atoms with Crippen LogP contribution in [0.25, 0.3) is 22.5 Å². The van der Waals surface area contributed by atoms with Gasteiger partial charge in [-0.2, -0.15) is 23.7 Å². The van der Waals surface area contributed by atoms with Gasteiger partial charge in [-0.1, -0.05) is 0 Å². The summed E-state index contributed by atoms with van der Waals surface area (Å²) in [5.74, 6) is 0.417. The monoisotopic (exact) mass is 637 g/mol. The van der Waals surface area contributed by atoms with E-state index in [1.54, 1.807) is 54.3 Å². The Morgan fingerprint density at radius 1 is 1.04 bits per heavy atom. The van der Waals surface area contributed by atoms with Crippen molar-refractivity contribution in [1.29, 1.82) is 10.5 Å². The Labute approximate surface area is 269 Å². The molecular formula is C34H30F3N9O. The van der Waals surface area contributed by atoms with Gasteiger partial charge >= 0.3 is 6.18 Å². The molecule has 2 aromatic heterocycles. The Balaban J connectivity index is 1.30. The van der Waals surface area contributed by atoms with Gasteiger partial charge in [0.1, 0.15) is 18.0 Å². The lowest BCUT2D eigenvalue weighted by molar-refractivity contribution is -0.138. The number of likely N-dealkylation sites (tertiary alicyclic amines) is 1. The van der Waals surface area contributed by atoms with Crippen LogP contribution in [0.2, 0.25) is 0 Å². The Morgan fingerprint density at radius 3 is 2.55 bits per heavy atom. The van der Waals surface area contributed by atoms with Gasteiger partial charge in [-0.25, -0.2) is 4.98 Å². The summed E-state index contributed by atoms with van der Waals surface area (Å²) in [5, 5.41) is 30.1. The van der Waals surface area contributed by atoms with Crippen LogP contribution in [0.4, 0.5) is 24.8 Å². The number of rotatable bonds is 8. The SMILES string of the molecule is Cn1cnnc1-c1ccc(C#N)cc1-c1cc(NCCC#N)nc(N2Cc3c(cc(CN4CCC5(CC5)C4)cc3C(F)(F)F)C2=O)c1. The predicted molar refractivity (Wildman–Crippen MR) is 167 cm³/mol. The number of anilines is 2. The second-order valence-electron chi connectivity index (χ2n) is 12.6. The number of pyridine rings is 1.